The van der Waals surface area contributed by atoms with Gasteiger partial charge in [0.25, 0.3) is 5.56 Å². The van der Waals surface area contributed by atoms with Gasteiger partial charge in [-0.25, -0.2) is 0 Å². The minimum Gasteiger partial charge on any atom is -0.280 e. The van der Waals surface area contributed by atoms with Gasteiger partial charge in [-0.15, -0.1) is 0 Å². The van der Waals surface area contributed by atoms with Crippen LogP contribution in [0.4, 0.5) is 0 Å². The molecule has 3 aromatic rings. The highest BCUT2D eigenvalue weighted by atomic mass is 35.5. The van der Waals surface area contributed by atoms with Crippen LogP contribution in [-0.2, 0) is 6.54 Å². The normalized spacial score (nSPS) is 10.9. The Balaban J connectivity index is 2.14. The van der Waals surface area contributed by atoms with Gasteiger partial charge in [-0.3, -0.25) is 14.6 Å². The molecule has 18 heavy (non-hydrogen) atoms. The molecule has 2 aromatic carbocycles. The quantitative estimate of drug-likeness (QED) is 0.754. The summed E-state index contributed by atoms with van der Waals surface area (Å²) in [6.07, 6.45) is 0. The minimum atomic E-state index is -0.147. The van der Waals surface area contributed by atoms with Crippen molar-refractivity contribution in [3.8, 4) is 0 Å². The summed E-state index contributed by atoms with van der Waals surface area (Å²) in [4.78, 5) is 11.8. The van der Waals surface area contributed by atoms with Crippen molar-refractivity contribution in [1.29, 1.82) is 0 Å². The van der Waals surface area contributed by atoms with Gasteiger partial charge >= 0.3 is 0 Å². The van der Waals surface area contributed by atoms with Crippen LogP contribution in [0.15, 0.2) is 53.3 Å². The number of aromatic nitrogens is 2. The van der Waals surface area contributed by atoms with Crippen molar-refractivity contribution in [1.82, 2.24) is 9.78 Å². The summed E-state index contributed by atoms with van der Waals surface area (Å²) in [5.74, 6) is 0. The van der Waals surface area contributed by atoms with E-state index in [2.05, 4.69) is 5.10 Å². The average Bonchev–Trinajstić information content (AvgIpc) is 2.69. The first kappa shape index (κ1) is 11.1. The van der Waals surface area contributed by atoms with Gasteiger partial charge in [-0.05, 0) is 17.7 Å². The monoisotopic (exact) mass is 258 g/mol. The van der Waals surface area contributed by atoms with E-state index in [4.69, 9.17) is 11.6 Å². The fourth-order valence-corrected chi connectivity index (χ4v) is 2.35. The first-order valence-corrected chi connectivity index (χ1v) is 6.04. The molecule has 0 aliphatic carbocycles. The zero-order valence-corrected chi connectivity index (χ0v) is 10.3. The molecule has 0 aliphatic heterocycles. The fourth-order valence-electron chi connectivity index (χ4n) is 2.09. The lowest BCUT2D eigenvalue weighted by atomic mass is 10.2. The van der Waals surface area contributed by atoms with Gasteiger partial charge in [-0.2, -0.15) is 0 Å². The van der Waals surface area contributed by atoms with Gasteiger partial charge in [0.2, 0.25) is 0 Å². The Labute approximate surface area is 109 Å². The van der Waals surface area contributed by atoms with Crippen molar-refractivity contribution in [2.75, 3.05) is 0 Å². The Hall–Kier alpha value is -2.00. The smallest absolute Gasteiger partial charge is 0.273 e. The largest absolute Gasteiger partial charge is 0.280 e. The van der Waals surface area contributed by atoms with Crippen LogP contribution in [0.1, 0.15) is 5.56 Å². The molecule has 1 N–H and O–H groups in total. The summed E-state index contributed by atoms with van der Waals surface area (Å²) in [5.41, 5.74) is 1.81. The molecule has 1 heterocycles. The molecular formula is C14H11ClN2O. The van der Waals surface area contributed by atoms with Gasteiger partial charge in [0.15, 0.2) is 0 Å². The molecule has 90 valence electrons. The van der Waals surface area contributed by atoms with E-state index in [1.54, 1.807) is 6.07 Å². The molecule has 0 amide bonds. The molecule has 0 atom stereocenters. The van der Waals surface area contributed by atoms with E-state index in [0.717, 1.165) is 11.1 Å². The highest BCUT2D eigenvalue weighted by Gasteiger charge is 2.09. The van der Waals surface area contributed by atoms with Crippen LogP contribution in [-0.4, -0.2) is 9.78 Å². The summed E-state index contributed by atoms with van der Waals surface area (Å²) in [6.45, 7) is 0.625. The van der Waals surface area contributed by atoms with Crippen LogP contribution >= 0.6 is 11.6 Å². The highest BCUT2D eigenvalue weighted by molar-refractivity contribution is 6.35. The van der Waals surface area contributed by atoms with E-state index in [1.165, 1.54) is 0 Å². The zero-order chi connectivity index (χ0) is 12.5. The van der Waals surface area contributed by atoms with Crippen LogP contribution in [0.3, 0.4) is 0 Å². The number of hydrogen-bond donors (Lipinski definition) is 1. The predicted octanol–water partition coefficient (Wildman–Crippen LogP) is 3.03. The first-order chi connectivity index (χ1) is 8.75. The van der Waals surface area contributed by atoms with Crippen molar-refractivity contribution >= 4 is 22.5 Å². The first-order valence-electron chi connectivity index (χ1n) is 5.66. The Bertz CT molecular complexity index is 743. The van der Waals surface area contributed by atoms with Gasteiger partial charge in [-0.1, -0.05) is 48.0 Å². The lowest BCUT2D eigenvalue weighted by molar-refractivity contribution is 0.703. The summed E-state index contributed by atoms with van der Waals surface area (Å²) in [7, 11) is 0. The molecule has 0 saturated carbocycles. The lowest BCUT2D eigenvalue weighted by Gasteiger charge is -2.04. The van der Waals surface area contributed by atoms with Crippen molar-refractivity contribution in [3.63, 3.8) is 0 Å². The van der Waals surface area contributed by atoms with Crippen molar-refractivity contribution < 1.29 is 0 Å². The predicted molar refractivity (Wildman–Crippen MR) is 73.1 cm³/mol. The number of benzene rings is 2. The Morgan fingerprint density at radius 1 is 1.06 bits per heavy atom. The molecule has 4 heteroatoms. The third-order valence-corrected chi connectivity index (χ3v) is 3.24. The number of halogens is 1. The lowest BCUT2D eigenvalue weighted by Crippen LogP contribution is -2.06. The van der Waals surface area contributed by atoms with Crippen LogP contribution in [0.25, 0.3) is 10.9 Å². The molecule has 0 bridgehead atoms. The van der Waals surface area contributed by atoms with E-state index in [0.29, 0.717) is 17.0 Å². The summed E-state index contributed by atoms with van der Waals surface area (Å²) in [6, 6.07) is 15.4. The molecule has 1 aromatic heterocycles. The van der Waals surface area contributed by atoms with Crippen LogP contribution in [0.2, 0.25) is 5.02 Å². The standard InChI is InChI=1S/C14H11ClN2O/c15-11-7-4-8-12-13(11)14(18)16-17(12)9-10-5-2-1-3-6-10/h1-8H,9H2,(H,16,18). The number of hydrogen-bond acceptors (Lipinski definition) is 1. The van der Waals surface area contributed by atoms with E-state index >= 15 is 0 Å². The number of nitrogens with zero attached hydrogens (tertiary/aromatic N) is 1. The number of aromatic amines is 1. The van der Waals surface area contributed by atoms with E-state index in [9.17, 15) is 4.79 Å². The molecule has 3 nitrogen and oxygen atoms in total. The SMILES string of the molecule is O=c1[nH]n(Cc2ccccc2)c2cccc(Cl)c12. The van der Waals surface area contributed by atoms with Crippen LogP contribution < -0.4 is 5.56 Å². The van der Waals surface area contributed by atoms with E-state index in [1.807, 2.05) is 47.1 Å². The number of fused-ring (bicyclic) bond motifs is 1. The van der Waals surface area contributed by atoms with Gasteiger partial charge in [0, 0.05) is 0 Å². The Morgan fingerprint density at radius 2 is 1.83 bits per heavy atom. The molecule has 0 fully saturated rings. The van der Waals surface area contributed by atoms with Crippen molar-refractivity contribution in [2.24, 2.45) is 0 Å². The fraction of sp³-hybridized carbons (Fsp3) is 0.0714. The second-order valence-corrected chi connectivity index (χ2v) is 4.55. The number of nitrogens with one attached hydrogen (secondary N) is 1. The van der Waals surface area contributed by atoms with E-state index < -0.39 is 0 Å². The minimum absolute atomic E-state index is 0.147. The molecule has 0 unspecified atom stereocenters. The third-order valence-electron chi connectivity index (χ3n) is 2.93. The summed E-state index contributed by atoms with van der Waals surface area (Å²) < 4.78 is 1.82. The molecular weight excluding hydrogens is 248 g/mol. The van der Waals surface area contributed by atoms with Crippen molar-refractivity contribution in [2.45, 2.75) is 6.54 Å². The van der Waals surface area contributed by atoms with E-state index in [-0.39, 0.29) is 5.56 Å². The molecule has 0 saturated heterocycles. The highest BCUT2D eigenvalue weighted by Crippen LogP contribution is 2.20. The maximum absolute atomic E-state index is 11.8. The summed E-state index contributed by atoms with van der Waals surface area (Å²) in [5, 5.41) is 3.86. The molecule has 0 aliphatic rings. The second-order valence-electron chi connectivity index (χ2n) is 4.15. The molecule has 0 radical (unpaired) electrons. The third kappa shape index (κ3) is 1.83. The van der Waals surface area contributed by atoms with Crippen LogP contribution in [0.5, 0.6) is 0 Å². The van der Waals surface area contributed by atoms with Crippen LogP contribution in [0, 0.1) is 0 Å². The topological polar surface area (TPSA) is 37.8 Å². The van der Waals surface area contributed by atoms with Gasteiger partial charge in [0.1, 0.15) is 0 Å². The number of H-pyrrole nitrogens is 1. The zero-order valence-electron chi connectivity index (χ0n) is 9.56. The molecule has 0 spiro atoms. The maximum atomic E-state index is 11.8. The molecule has 3 rings (SSSR count). The maximum Gasteiger partial charge on any atom is 0.273 e. The second kappa shape index (κ2) is 4.35. The average molecular weight is 259 g/mol. The summed E-state index contributed by atoms with van der Waals surface area (Å²) >= 11 is 6.05. The van der Waals surface area contributed by atoms with Crippen molar-refractivity contribution in [3.05, 3.63) is 69.5 Å². The Kier molecular flexibility index (Phi) is 2.68. The van der Waals surface area contributed by atoms with Gasteiger partial charge < -0.3 is 0 Å². The Morgan fingerprint density at radius 3 is 2.61 bits per heavy atom. The number of rotatable bonds is 2. The van der Waals surface area contributed by atoms with Gasteiger partial charge in [0.05, 0.1) is 22.5 Å².